The highest BCUT2D eigenvalue weighted by Gasteiger charge is 2.39. The summed E-state index contributed by atoms with van der Waals surface area (Å²) in [6.45, 7) is 16.5. The molecule has 1 unspecified atom stereocenters. The van der Waals surface area contributed by atoms with Crippen LogP contribution in [0.4, 0.5) is 14.5 Å². The summed E-state index contributed by atoms with van der Waals surface area (Å²) in [6.07, 6.45) is 1.26. The van der Waals surface area contributed by atoms with E-state index >= 15 is 8.78 Å². The van der Waals surface area contributed by atoms with Crippen molar-refractivity contribution >= 4 is 25.9 Å². The summed E-state index contributed by atoms with van der Waals surface area (Å²) >= 11 is 0. The van der Waals surface area contributed by atoms with Gasteiger partial charge in [-0.25, -0.2) is 13.6 Å². The van der Waals surface area contributed by atoms with Crippen molar-refractivity contribution in [2.45, 2.75) is 98.8 Å². The molecule has 0 saturated carbocycles. The van der Waals surface area contributed by atoms with E-state index in [0.29, 0.717) is 13.0 Å². The molecule has 0 spiro atoms. The van der Waals surface area contributed by atoms with Crippen LogP contribution in [0.5, 0.6) is 5.75 Å². The minimum Gasteiger partial charge on any atom is -0.462 e. The van der Waals surface area contributed by atoms with Gasteiger partial charge in [-0.05, 0) is 37.9 Å². The molecule has 7 nitrogen and oxygen atoms in total. The zero-order valence-corrected chi connectivity index (χ0v) is 24.0. The topological polar surface area (TPSA) is 83.1 Å². The SMILES string of the molecule is CCOC(=O)c1c(NC(=O)C(C)(C)C)c(F)c(CO[Si](C)(C)C(C)(C)C)c(F)c1OC1CCCCO1. The molecule has 1 N–H and O–H groups in total. The van der Waals surface area contributed by atoms with Crippen LogP contribution in [0.25, 0.3) is 0 Å². The van der Waals surface area contributed by atoms with Gasteiger partial charge >= 0.3 is 5.97 Å². The van der Waals surface area contributed by atoms with Gasteiger partial charge in [-0.2, -0.15) is 0 Å². The quantitative estimate of drug-likeness (QED) is 0.304. The van der Waals surface area contributed by atoms with Crippen LogP contribution in [0.1, 0.15) is 83.7 Å². The van der Waals surface area contributed by atoms with Gasteiger partial charge in [0, 0.05) is 11.8 Å². The Bertz CT molecular complexity index is 963. The fourth-order valence-electron chi connectivity index (χ4n) is 3.18. The van der Waals surface area contributed by atoms with Crippen molar-refractivity contribution in [1.29, 1.82) is 0 Å². The van der Waals surface area contributed by atoms with Crippen molar-refractivity contribution < 1.29 is 37.0 Å². The lowest BCUT2D eigenvalue weighted by Crippen LogP contribution is -2.40. The number of rotatable bonds is 8. The molecule has 0 aliphatic carbocycles. The lowest BCUT2D eigenvalue weighted by atomic mass is 9.95. The number of hydrogen-bond donors (Lipinski definition) is 1. The molecule has 1 heterocycles. The Hall–Kier alpha value is -2.04. The molecule has 204 valence electrons. The largest absolute Gasteiger partial charge is 0.462 e. The molecule has 1 atom stereocenters. The van der Waals surface area contributed by atoms with E-state index < -0.39 is 72.7 Å². The maximum Gasteiger partial charge on any atom is 0.344 e. The van der Waals surface area contributed by atoms with Gasteiger partial charge in [-0.1, -0.05) is 41.5 Å². The molecule has 1 amide bonds. The lowest BCUT2D eigenvalue weighted by molar-refractivity contribution is -0.123. The molecule has 0 aromatic heterocycles. The van der Waals surface area contributed by atoms with Crippen molar-refractivity contribution in [3.63, 3.8) is 0 Å². The molecule has 0 radical (unpaired) electrons. The number of anilines is 1. The van der Waals surface area contributed by atoms with Gasteiger partial charge in [-0.3, -0.25) is 4.79 Å². The highest BCUT2D eigenvalue weighted by Crippen LogP contribution is 2.41. The second-order valence-corrected chi connectivity index (χ2v) is 16.4. The summed E-state index contributed by atoms with van der Waals surface area (Å²) in [5.74, 6) is -4.25. The molecule has 1 saturated heterocycles. The predicted octanol–water partition coefficient (Wildman–Crippen LogP) is 6.55. The average Bonchev–Trinajstić information content (AvgIpc) is 2.76. The van der Waals surface area contributed by atoms with Crippen molar-refractivity contribution in [3.8, 4) is 5.75 Å². The number of benzene rings is 1. The Morgan fingerprint density at radius 1 is 1.08 bits per heavy atom. The standard InChI is InChI=1S/C26H41F2NO6Si/c1-10-32-23(30)18-21(29-24(31)25(2,3)4)19(27)16(15-34-36(8,9)26(5,6)7)20(28)22(18)35-17-13-11-12-14-33-17/h17H,10-15H2,1-9H3,(H,29,31). The fraction of sp³-hybridized carbons (Fsp3) is 0.692. The van der Waals surface area contributed by atoms with Crippen molar-refractivity contribution in [1.82, 2.24) is 0 Å². The number of carbonyl (C=O) groups excluding carboxylic acids is 2. The molecule has 36 heavy (non-hydrogen) atoms. The van der Waals surface area contributed by atoms with Crippen LogP contribution in [-0.2, 0) is 25.3 Å². The summed E-state index contributed by atoms with van der Waals surface area (Å²) < 4.78 is 54.6. The zero-order chi connectivity index (χ0) is 27.5. The number of ether oxygens (including phenoxy) is 3. The van der Waals surface area contributed by atoms with Crippen LogP contribution in [-0.4, -0.2) is 39.7 Å². The van der Waals surface area contributed by atoms with Crippen molar-refractivity contribution in [2.24, 2.45) is 5.41 Å². The van der Waals surface area contributed by atoms with Gasteiger partial charge in [0.15, 0.2) is 32.0 Å². The van der Waals surface area contributed by atoms with Crippen LogP contribution in [0.2, 0.25) is 18.1 Å². The van der Waals surface area contributed by atoms with Gasteiger partial charge in [0.1, 0.15) is 5.56 Å². The maximum absolute atomic E-state index is 16.0. The molecule has 1 fully saturated rings. The summed E-state index contributed by atoms with van der Waals surface area (Å²) in [6, 6.07) is 0. The van der Waals surface area contributed by atoms with E-state index in [0.717, 1.165) is 12.8 Å². The number of esters is 1. The highest BCUT2D eigenvalue weighted by atomic mass is 28.4. The van der Waals surface area contributed by atoms with Gasteiger partial charge in [0.2, 0.25) is 5.91 Å². The number of nitrogens with one attached hydrogen (secondary N) is 1. The van der Waals surface area contributed by atoms with E-state index in [-0.39, 0.29) is 11.6 Å². The summed E-state index contributed by atoms with van der Waals surface area (Å²) in [4.78, 5) is 25.8. The average molecular weight is 530 g/mol. The number of carbonyl (C=O) groups is 2. The van der Waals surface area contributed by atoms with Crippen LogP contribution in [0, 0.1) is 17.0 Å². The van der Waals surface area contributed by atoms with Gasteiger partial charge in [0.25, 0.3) is 0 Å². The Labute approximate surface area is 214 Å². The molecule has 2 rings (SSSR count). The maximum atomic E-state index is 16.0. The summed E-state index contributed by atoms with van der Waals surface area (Å²) in [5, 5.41) is 2.28. The smallest absolute Gasteiger partial charge is 0.344 e. The Morgan fingerprint density at radius 3 is 2.22 bits per heavy atom. The molecule has 0 bridgehead atoms. The molecule has 1 aliphatic heterocycles. The van der Waals surface area contributed by atoms with E-state index in [9.17, 15) is 9.59 Å². The first-order valence-electron chi connectivity index (χ1n) is 12.5. The Morgan fingerprint density at radius 2 is 1.72 bits per heavy atom. The third-order valence-corrected chi connectivity index (χ3v) is 11.1. The number of halogens is 2. The first-order valence-corrected chi connectivity index (χ1v) is 15.4. The van der Waals surface area contributed by atoms with Crippen LogP contribution >= 0.6 is 0 Å². The lowest BCUT2D eigenvalue weighted by Gasteiger charge is -2.36. The second kappa shape index (κ2) is 11.6. The van der Waals surface area contributed by atoms with Crippen LogP contribution in [0.3, 0.4) is 0 Å². The first-order chi connectivity index (χ1) is 16.5. The van der Waals surface area contributed by atoms with Gasteiger partial charge in [0.05, 0.1) is 31.1 Å². The third-order valence-electron chi connectivity index (χ3n) is 6.60. The third kappa shape index (κ3) is 7.04. The molecular formula is C26H41F2NO6Si. The fourth-order valence-corrected chi connectivity index (χ4v) is 4.11. The van der Waals surface area contributed by atoms with Crippen LogP contribution < -0.4 is 10.1 Å². The minimum atomic E-state index is -2.40. The van der Waals surface area contributed by atoms with Crippen molar-refractivity contribution in [2.75, 3.05) is 18.5 Å². The van der Waals surface area contributed by atoms with E-state index in [1.165, 1.54) is 0 Å². The molecule has 10 heteroatoms. The van der Waals surface area contributed by atoms with E-state index in [1.807, 2.05) is 33.9 Å². The van der Waals surface area contributed by atoms with E-state index in [2.05, 4.69) is 5.32 Å². The molecule has 1 aromatic rings. The molecule has 1 aliphatic rings. The number of amides is 1. The Kier molecular flexibility index (Phi) is 9.69. The molecule has 1 aromatic carbocycles. The van der Waals surface area contributed by atoms with Crippen LogP contribution in [0.15, 0.2) is 0 Å². The minimum absolute atomic E-state index is 0.0374. The first kappa shape index (κ1) is 30.2. The summed E-state index contributed by atoms with van der Waals surface area (Å²) in [7, 11) is -2.40. The van der Waals surface area contributed by atoms with Crippen molar-refractivity contribution in [3.05, 3.63) is 22.8 Å². The van der Waals surface area contributed by atoms with E-state index in [4.69, 9.17) is 18.6 Å². The molecular weight excluding hydrogens is 488 g/mol. The van der Waals surface area contributed by atoms with E-state index in [1.54, 1.807) is 27.7 Å². The van der Waals surface area contributed by atoms with Gasteiger partial charge in [-0.15, -0.1) is 0 Å². The normalized spacial score (nSPS) is 17.0. The number of hydrogen-bond acceptors (Lipinski definition) is 6. The van der Waals surface area contributed by atoms with Gasteiger partial charge < -0.3 is 24.0 Å². The second-order valence-electron chi connectivity index (χ2n) is 11.6. The monoisotopic (exact) mass is 529 g/mol. The Balaban J connectivity index is 2.72. The zero-order valence-electron chi connectivity index (χ0n) is 23.0. The summed E-state index contributed by atoms with van der Waals surface area (Å²) in [5.41, 5.74) is -2.36. The predicted molar refractivity (Wildman–Crippen MR) is 137 cm³/mol. The highest BCUT2D eigenvalue weighted by molar-refractivity contribution is 6.74.